The van der Waals surface area contributed by atoms with Crippen LogP contribution in [0.5, 0.6) is 0 Å². The number of hydrogen-bond acceptors (Lipinski definition) is 7. The molecule has 8 heteroatoms. The molecule has 0 bridgehead atoms. The van der Waals surface area contributed by atoms with Gasteiger partial charge in [0.05, 0.1) is 37.5 Å². The molecule has 0 spiro atoms. The molecule has 1 N–H and O–H groups in total. The van der Waals surface area contributed by atoms with Gasteiger partial charge in [-0.3, -0.25) is 0 Å². The molecule has 3 aromatic heterocycles. The highest BCUT2D eigenvalue weighted by Crippen LogP contribution is 2.25. The molecule has 0 fully saturated rings. The van der Waals surface area contributed by atoms with E-state index in [-0.39, 0.29) is 6.10 Å². The molecule has 0 saturated carbocycles. The van der Waals surface area contributed by atoms with Gasteiger partial charge in [0.15, 0.2) is 0 Å². The van der Waals surface area contributed by atoms with Gasteiger partial charge in [-0.15, -0.1) is 16.4 Å². The summed E-state index contributed by atoms with van der Waals surface area (Å²) in [6, 6.07) is 1.88. The summed E-state index contributed by atoms with van der Waals surface area (Å²) in [5, 5.41) is 14.9. The fraction of sp³-hybridized carbons (Fsp3) is 0.357. The minimum absolute atomic E-state index is 0.0892. The Labute approximate surface area is 130 Å². The second-order valence-corrected chi connectivity index (χ2v) is 6.05. The Morgan fingerprint density at radius 1 is 1.45 bits per heavy atom. The smallest absolute Gasteiger partial charge is 0.121 e. The van der Waals surface area contributed by atoms with Crippen molar-refractivity contribution in [2.24, 2.45) is 0 Å². The van der Waals surface area contributed by atoms with Crippen LogP contribution >= 0.6 is 11.3 Å². The largest absolute Gasteiger partial charge is 0.472 e. The zero-order valence-electron chi connectivity index (χ0n) is 11.8. The van der Waals surface area contributed by atoms with Gasteiger partial charge >= 0.3 is 0 Å². The molecular formula is C14H15N5O2S. The van der Waals surface area contributed by atoms with Crippen molar-refractivity contribution in [1.82, 2.24) is 25.3 Å². The standard InChI is InChI=1S/C14H15N5O2S/c1-3-20-8-10(1)14-12-9-21-11(7-19(12)18-17-14)5-15-6-13-16-2-4-22-13/h1-4,8,11,15H,5-7,9H2. The van der Waals surface area contributed by atoms with Gasteiger partial charge in [0.2, 0.25) is 0 Å². The normalized spacial score (nSPS) is 17.5. The van der Waals surface area contributed by atoms with Crippen molar-refractivity contribution >= 4 is 11.3 Å². The van der Waals surface area contributed by atoms with E-state index >= 15 is 0 Å². The van der Waals surface area contributed by atoms with Crippen molar-refractivity contribution in [1.29, 1.82) is 0 Å². The summed E-state index contributed by atoms with van der Waals surface area (Å²) < 4.78 is 12.9. The molecule has 4 heterocycles. The highest BCUT2D eigenvalue weighted by molar-refractivity contribution is 7.09. The number of nitrogens with zero attached hydrogens (tertiary/aromatic N) is 4. The number of fused-ring (bicyclic) bond motifs is 1. The van der Waals surface area contributed by atoms with Crippen LogP contribution in [0.15, 0.2) is 34.6 Å². The van der Waals surface area contributed by atoms with E-state index in [1.165, 1.54) is 0 Å². The van der Waals surface area contributed by atoms with Crippen molar-refractivity contribution in [3.8, 4) is 11.3 Å². The van der Waals surface area contributed by atoms with Gasteiger partial charge in [0, 0.05) is 30.2 Å². The molecule has 3 aromatic rings. The van der Waals surface area contributed by atoms with Crippen molar-refractivity contribution in [3.63, 3.8) is 0 Å². The number of thiazole rings is 1. The first kappa shape index (κ1) is 13.6. The second-order valence-electron chi connectivity index (χ2n) is 5.07. The molecule has 0 saturated heterocycles. The molecule has 0 radical (unpaired) electrons. The summed E-state index contributed by atoms with van der Waals surface area (Å²) in [6.45, 7) is 2.74. The molecule has 0 aliphatic carbocycles. The number of aromatic nitrogens is 4. The quantitative estimate of drug-likeness (QED) is 0.771. The van der Waals surface area contributed by atoms with Crippen molar-refractivity contribution in [2.45, 2.75) is 25.8 Å². The average molecular weight is 317 g/mol. The minimum Gasteiger partial charge on any atom is -0.472 e. The SMILES string of the molecule is c1csc(CNCC2Cn3nnc(-c4ccoc4)c3CO2)n1. The maximum absolute atomic E-state index is 5.91. The first-order valence-electron chi connectivity index (χ1n) is 7.06. The molecular weight excluding hydrogens is 302 g/mol. The minimum atomic E-state index is 0.0892. The van der Waals surface area contributed by atoms with Crippen LogP contribution in [0.4, 0.5) is 0 Å². The van der Waals surface area contributed by atoms with E-state index in [2.05, 4.69) is 20.6 Å². The Morgan fingerprint density at radius 3 is 3.27 bits per heavy atom. The third kappa shape index (κ3) is 2.68. The van der Waals surface area contributed by atoms with Gasteiger partial charge in [-0.1, -0.05) is 5.21 Å². The van der Waals surface area contributed by atoms with E-state index in [0.29, 0.717) is 13.2 Å². The van der Waals surface area contributed by atoms with Crippen LogP contribution in [-0.4, -0.2) is 32.6 Å². The predicted molar refractivity (Wildman–Crippen MR) is 80.1 cm³/mol. The molecule has 1 aliphatic heterocycles. The molecule has 22 heavy (non-hydrogen) atoms. The van der Waals surface area contributed by atoms with Gasteiger partial charge in [0.25, 0.3) is 0 Å². The number of furan rings is 1. The first-order valence-corrected chi connectivity index (χ1v) is 7.94. The monoisotopic (exact) mass is 317 g/mol. The summed E-state index contributed by atoms with van der Waals surface area (Å²) in [4.78, 5) is 4.25. The van der Waals surface area contributed by atoms with E-state index in [4.69, 9.17) is 9.15 Å². The molecule has 7 nitrogen and oxygen atoms in total. The number of hydrogen-bond donors (Lipinski definition) is 1. The number of ether oxygens (including phenoxy) is 1. The first-order chi connectivity index (χ1) is 10.9. The Bertz CT molecular complexity index is 723. The Kier molecular flexibility index (Phi) is 3.71. The summed E-state index contributed by atoms with van der Waals surface area (Å²) in [7, 11) is 0. The maximum atomic E-state index is 5.91. The average Bonchev–Trinajstić information content (AvgIpc) is 3.28. The lowest BCUT2D eigenvalue weighted by molar-refractivity contribution is 0.00125. The van der Waals surface area contributed by atoms with E-state index in [1.807, 2.05) is 22.3 Å². The van der Waals surface area contributed by atoms with E-state index in [0.717, 1.165) is 35.0 Å². The third-order valence-electron chi connectivity index (χ3n) is 3.60. The summed E-state index contributed by atoms with van der Waals surface area (Å²) in [5.41, 5.74) is 2.77. The highest BCUT2D eigenvalue weighted by Gasteiger charge is 2.24. The van der Waals surface area contributed by atoms with Gasteiger partial charge in [-0.05, 0) is 6.07 Å². The van der Waals surface area contributed by atoms with Crippen LogP contribution in [0.3, 0.4) is 0 Å². The third-order valence-corrected chi connectivity index (χ3v) is 4.38. The molecule has 1 atom stereocenters. The lowest BCUT2D eigenvalue weighted by Gasteiger charge is -2.24. The Balaban J connectivity index is 1.38. The molecule has 0 amide bonds. The van der Waals surface area contributed by atoms with Gasteiger partial charge in [-0.25, -0.2) is 9.67 Å². The van der Waals surface area contributed by atoms with Crippen LogP contribution in [0.25, 0.3) is 11.3 Å². The topological polar surface area (TPSA) is 78.0 Å². The Morgan fingerprint density at radius 2 is 2.45 bits per heavy atom. The van der Waals surface area contributed by atoms with Gasteiger partial charge in [-0.2, -0.15) is 0 Å². The lowest BCUT2D eigenvalue weighted by atomic mass is 10.2. The lowest BCUT2D eigenvalue weighted by Crippen LogP contribution is -2.36. The maximum Gasteiger partial charge on any atom is 0.121 e. The molecule has 114 valence electrons. The van der Waals surface area contributed by atoms with E-state index in [1.54, 1.807) is 23.9 Å². The van der Waals surface area contributed by atoms with Gasteiger partial charge in [0.1, 0.15) is 10.7 Å². The summed E-state index contributed by atoms with van der Waals surface area (Å²) in [5.74, 6) is 0. The second kappa shape index (κ2) is 5.99. The van der Waals surface area contributed by atoms with E-state index < -0.39 is 0 Å². The highest BCUT2D eigenvalue weighted by atomic mass is 32.1. The Hall–Kier alpha value is -2.03. The molecule has 4 rings (SSSR count). The summed E-state index contributed by atoms with van der Waals surface area (Å²) >= 11 is 1.65. The van der Waals surface area contributed by atoms with Crippen LogP contribution in [0.2, 0.25) is 0 Å². The zero-order valence-corrected chi connectivity index (χ0v) is 12.6. The van der Waals surface area contributed by atoms with Crippen molar-refractivity contribution < 1.29 is 9.15 Å². The van der Waals surface area contributed by atoms with Crippen molar-refractivity contribution in [2.75, 3.05) is 6.54 Å². The number of rotatable bonds is 5. The summed E-state index contributed by atoms with van der Waals surface area (Å²) in [6.07, 6.45) is 5.21. The van der Waals surface area contributed by atoms with Gasteiger partial charge < -0.3 is 14.5 Å². The van der Waals surface area contributed by atoms with Crippen LogP contribution < -0.4 is 5.32 Å². The van der Waals surface area contributed by atoms with Crippen molar-refractivity contribution in [3.05, 3.63) is 40.9 Å². The molecule has 0 aromatic carbocycles. The molecule has 1 unspecified atom stereocenters. The fourth-order valence-electron chi connectivity index (χ4n) is 2.49. The predicted octanol–water partition coefficient (Wildman–Crippen LogP) is 1.68. The van der Waals surface area contributed by atoms with E-state index in [9.17, 15) is 0 Å². The number of nitrogens with one attached hydrogen (secondary N) is 1. The van der Waals surface area contributed by atoms with Crippen LogP contribution in [0, 0.1) is 0 Å². The zero-order chi connectivity index (χ0) is 14.8. The fourth-order valence-corrected chi connectivity index (χ4v) is 3.08. The van der Waals surface area contributed by atoms with Crippen LogP contribution in [0.1, 0.15) is 10.7 Å². The van der Waals surface area contributed by atoms with Crippen LogP contribution in [-0.2, 0) is 24.4 Å². The molecule has 1 aliphatic rings.